The molecular weight excluding hydrogens is 311 g/mol. The van der Waals surface area contributed by atoms with Gasteiger partial charge in [-0.15, -0.1) is 0 Å². The first kappa shape index (κ1) is 14.4. The van der Waals surface area contributed by atoms with E-state index in [4.69, 9.17) is 0 Å². The maximum atomic E-state index is 13.1. The molecule has 7 nitrogen and oxygen atoms in total. The quantitative estimate of drug-likeness (QED) is 0.560. The summed E-state index contributed by atoms with van der Waals surface area (Å²) in [6.45, 7) is 3.95. The Hall–Kier alpha value is -3.16. The zero-order valence-corrected chi connectivity index (χ0v) is 13.1. The van der Waals surface area contributed by atoms with Crippen LogP contribution in [0.15, 0.2) is 35.1 Å². The number of pyridine rings is 1. The molecule has 0 spiro atoms. The van der Waals surface area contributed by atoms with Gasteiger partial charge < -0.3 is 0 Å². The fraction of sp³-hybridized carbons (Fsp3) is 0.188. The predicted octanol–water partition coefficient (Wildman–Crippen LogP) is 1.64. The highest BCUT2D eigenvalue weighted by Crippen LogP contribution is 2.15. The summed E-state index contributed by atoms with van der Waals surface area (Å²) in [5.74, 6) is -0.0243. The molecule has 0 radical (unpaired) electrons. The summed E-state index contributed by atoms with van der Waals surface area (Å²) in [7, 11) is 0. The number of rotatable bonds is 2. The van der Waals surface area contributed by atoms with Gasteiger partial charge in [0.1, 0.15) is 5.82 Å². The lowest BCUT2D eigenvalue weighted by Gasteiger charge is -2.10. The monoisotopic (exact) mass is 324 g/mol. The normalized spacial score (nSPS) is 11.5. The standard InChI is InChI=1S/C16H13FN6O/c1-9-7-10(2)18-14-13(9)15(24)22(16-19-20-21-23(14)16)8-11-3-5-12(17)6-4-11/h3-7H,8H2,1-2H3. The van der Waals surface area contributed by atoms with Crippen LogP contribution in [0.25, 0.3) is 16.8 Å². The number of fused-ring (bicyclic) bond motifs is 3. The first-order chi connectivity index (χ1) is 11.5. The Bertz CT molecular complexity index is 1130. The molecule has 0 saturated heterocycles. The van der Waals surface area contributed by atoms with Gasteiger partial charge >= 0.3 is 0 Å². The van der Waals surface area contributed by atoms with E-state index in [0.717, 1.165) is 16.8 Å². The highest BCUT2D eigenvalue weighted by molar-refractivity contribution is 5.79. The van der Waals surface area contributed by atoms with Crippen molar-refractivity contribution in [2.24, 2.45) is 0 Å². The highest BCUT2D eigenvalue weighted by Gasteiger charge is 2.17. The Morgan fingerprint density at radius 1 is 1.17 bits per heavy atom. The van der Waals surface area contributed by atoms with Crippen molar-refractivity contribution in [1.29, 1.82) is 0 Å². The maximum absolute atomic E-state index is 13.1. The number of hydrogen-bond acceptors (Lipinski definition) is 5. The van der Waals surface area contributed by atoms with Gasteiger partial charge in [-0.2, -0.15) is 4.52 Å². The molecule has 0 aliphatic carbocycles. The van der Waals surface area contributed by atoms with Crippen LogP contribution >= 0.6 is 0 Å². The Balaban J connectivity index is 2.04. The molecule has 8 heteroatoms. The molecule has 0 atom stereocenters. The molecule has 3 aromatic heterocycles. The average molecular weight is 324 g/mol. The lowest BCUT2D eigenvalue weighted by Crippen LogP contribution is -2.25. The Morgan fingerprint density at radius 2 is 1.92 bits per heavy atom. The number of tetrazole rings is 1. The SMILES string of the molecule is Cc1cc(C)c2c(=O)n(Cc3ccc(F)cc3)c3nnnn3c2n1. The first-order valence-corrected chi connectivity index (χ1v) is 7.38. The zero-order chi connectivity index (χ0) is 16.8. The number of hydrogen-bond donors (Lipinski definition) is 0. The molecular formula is C16H13FN6O. The van der Waals surface area contributed by atoms with E-state index in [0.29, 0.717) is 16.8 Å². The van der Waals surface area contributed by atoms with Crippen molar-refractivity contribution in [2.75, 3.05) is 0 Å². The number of aromatic nitrogens is 6. The molecule has 0 N–H and O–H groups in total. The molecule has 0 unspecified atom stereocenters. The van der Waals surface area contributed by atoms with Crippen LogP contribution in [-0.2, 0) is 6.54 Å². The largest absolute Gasteiger partial charge is 0.270 e. The van der Waals surface area contributed by atoms with E-state index < -0.39 is 0 Å². The third-order valence-electron chi connectivity index (χ3n) is 3.93. The lowest BCUT2D eigenvalue weighted by atomic mass is 10.1. The molecule has 0 bridgehead atoms. The fourth-order valence-corrected chi connectivity index (χ4v) is 2.86. The molecule has 0 fully saturated rings. The lowest BCUT2D eigenvalue weighted by molar-refractivity contribution is 0.626. The van der Waals surface area contributed by atoms with Crippen molar-refractivity contribution in [3.8, 4) is 0 Å². The van der Waals surface area contributed by atoms with Gasteiger partial charge in [0.05, 0.1) is 11.9 Å². The zero-order valence-electron chi connectivity index (χ0n) is 13.1. The van der Waals surface area contributed by atoms with Crippen LogP contribution in [0.1, 0.15) is 16.8 Å². The summed E-state index contributed by atoms with van der Waals surface area (Å²) in [6.07, 6.45) is 0. The number of benzene rings is 1. The molecule has 0 aliphatic heterocycles. The molecule has 24 heavy (non-hydrogen) atoms. The summed E-state index contributed by atoms with van der Waals surface area (Å²) < 4.78 is 16.0. The molecule has 3 heterocycles. The van der Waals surface area contributed by atoms with Gasteiger partial charge in [0.15, 0.2) is 5.65 Å². The molecule has 1 aromatic carbocycles. The second kappa shape index (κ2) is 5.19. The number of halogens is 1. The van der Waals surface area contributed by atoms with Crippen molar-refractivity contribution in [3.05, 3.63) is 63.3 Å². The van der Waals surface area contributed by atoms with Crippen molar-refractivity contribution >= 4 is 16.8 Å². The smallest absolute Gasteiger partial charge is 0.265 e. The van der Waals surface area contributed by atoms with Crippen LogP contribution in [0, 0.1) is 19.7 Å². The van der Waals surface area contributed by atoms with Gasteiger partial charge in [0.25, 0.3) is 11.3 Å². The molecule has 4 aromatic rings. The van der Waals surface area contributed by atoms with Gasteiger partial charge in [0, 0.05) is 5.69 Å². The minimum atomic E-state index is -0.325. The molecule has 0 amide bonds. The van der Waals surface area contributed by atoms with Crippen LogP contribution in [0.2, 0.25) is 0 Å². The van der Waals surface area contributed by atoms with Crippen LogP contribution in [0.4, 0.5) is 4.39 Å². The van der Waals surface area contributed by atoms with E-state index in [1.54, 1.807) is 12.1 Å². The number of aryl methyl sites for hydroxylation is 2. The Labute approximate surface area is 135 Å². The van der Waals surface area contributed by atoms with Crippen molar-refractivity contribution in [3.63, 3.8) is 0 Å². The second-order valence-electron chi connectivity index (χ2n) is 5.69. The van der Waals surface area contributed by atoms with Crippen molar-refractivity contribution in [2.45, 2.75) is 20.4 Å². The van der Waals surface area contributed by atoms with E-state index >= 15 is 0 Å². The van der Waals surface area contributed by atoms with Gasteiger partial charge in [-0.25, -0.2) is 9.37 Å². The third-order valence-corrected chi connectivity index (χ3v) is 3.93. The fourth-order valence-electron chi connectivity index (χ4n) is 2.86. The minimum absolute atomic E-state index is 0.221. The topological polar surface area (TPSA) is 78.0 Å². The minimum Gasteiger partial charge on any atom is -0.270 e. The first-order valence-electron chi connectivity index (χ1n) is 7.38. The van der Waals surface area contributed by atoms with Crippen LogP contribution < -0.4 is 5.56 Å². The summed E-state index contributed by atoms with van der Waals surface area (Å²) >= 11 is 0. The van der Waals surface area contributed by atoms with E-state index in [-0.39, 0.29) is 17.9 Å². The van der Waals surface area contributed by atoms with E-state index in [1.807, 2.05) is 19.9 Å². The summed E-state index contributed by atoms with van der Waals surface area (Å²) in [6, 6.07) is 7.83. The van der Waals surface area contributed by atoms with Gasteiger partial charge in [0.2, 0.25) is 0 Å². The number of nitrogens with zero attached hydrogens (tertiary/aromatic N) is 6. The van der Waals surface area contributed by atoms with Gasteiger partial charge in [-0.3, -0.25) is 9.36 Å². The molecule has 0 saturated carbocycles. The van der Waals surface area contributed by atoms with Crippen molar-refractivity contribution in [1.82, 2.24) is 29.6 Å². The highest BCUT2D eigenvalue weighted by atomic mass is 19.1. The second-order valence-corrected chi connectivity index (χ2v) is 5.69. The molecule has 4 rings (SSSR count). The summed E-state index contributed by atoms with van der Waals surface area (Å²) in [5.41, 5.74) is 2.59. The molecule has 0 aliphatic rings. The van der Waals surface area contributed by atoms with Crippen LogP contribution in [0.5, 0.6) is 0 Å². The maximum Gasteiger partial charge on any atom is 0.265 e. The van der Waals surface area contributed by atoms with E-state index in [1.165, 1.54) is 21.2 Å². The molecule has 120 valence electrons. The Morgan fingerprint density at radius 3 is 2.67 bits per heavy atom. The Kier molecular flexibility index (Phi) is 3.12. The third kappa shape index (κ3) is 2.15. The average Bonchev–Trinajstić information content (AvgIpc) is 3.02. The van der Waals surface area contributed by atoms with Gasteiger partial charge in [-0.1, -0.05) is 17.2 Å². The van der Waals surface area contributed by atoms with Crippen LogP contribution in [-0.4, -0.2) is 29.6 Å². The van der Waals surface area contributed by atoms with E-state index in [9.17, 15) is 9.18 Å². The van der Waals surface area contributed by atoms with Crippen LogP contribution in [0.3, 0.4) is 0 Å². The summed E-state index contributed by atoms with van der Waals surface area (Å²) in [5, 5.41) is 12.1. The summed E-state index contributed by atoms with van der Waals surface area (Å²) in [4.78, 5) is 17.4. The predicted molar refractivity (Wildman–Crippen MR) is 85.3 cm³/mol. The van der Waals surface area contributed by atoms with E-state index in [2.05, 4.69) is 20.5 Å². The van der Waals surface area contributed by atoms with Gasteiger partial charge in [-0.05, 0) is 53.6 Å². The van der Waals surface area contributed by atoms with Crippen molar-refractivity contribution < 1.29 is 4.39 Å².